The van der Waals surface area contributed by atoms with Crippen molar-refractivity contribution < 1.29 is 13.2 Å². The third-order valence-corrected chi connectivity index (χ3v) is 5.12. The average molecular weight is 248 g/mol. The number of hydrogen-bond donors (Lipinski definition) is 2. The van der Waals surface area contributed by atoms with E-state index in [1.54, 1.807) is 0 Å². The van der Waals surface area contributed by atoms with Gasteiger partial charge >= 0.3 is 0 Å². The molecule has 2 rings (SSSR count). The normalized spacial score (nSPS) is 32.5. The molecule has 94 valence electrons. The van der Waals surface area contributed by atoms with E-state index in [1.165, 1.54) is 0 Å². The van der Waals surface area contributed by atoms with E-state index in [4.69, 9.17) is 4.74 Å². The zero-order valence-corrected chi connectivity index (χ0v) is 10.3. The van der Waals surface area contributed by atoms with E-state index < -0.39 is 10.0 Å². The van der Waals surface area contributed by atoms with Gasteiger partial charge in [0.1, 0.15) is 0 Å². The molecule has 0 aromatic rings. The summed E-state index contributed by atoms with van der Waals surface area (Å²) in [5.74, 6) is 0. The van der Waals surface area contributed by atoms with Crippen LogP contribution in [0.25, 0.3) is 0 Å². The second kappa shape index (κ2) is 5.44. The molecule has 2 atom stereocenters. The van der Waals surface area contributed by atoms with Gasteiger partial charge in [-0.05, 0) is 32.2 Å². The van der Waals surface area contributed by atoms with Gasteiger partial charge in [0.15, 0.2) is 0 Å². The molecule has 2 N–H and O–H groups in total. The zero-order valence-electron chi connectivity index (χ0n) is 9.44. The second-order valence-corrected chi connectivity index (χ2v) is 6.54. The van der Waals surface area contributed by atoms with E-state index in [2.05, 4.69) is 10.0 Å². The minimum Gasteiger partial charge on any atom is -0.380 e. The molecule has 0 amide bonds. The van der Waals surface area contributed by atoms with Crippen molar-refractivity contribution in [2.75, 3.05) is 26.3 Å². The van der Waals surface area contributed by atoms with E-state index in [9.17, 15) is 8.42 Å². The summed E-state index contributed by atoms with van der Waals surface area (Å²) in [5, 5.41) is 2.85. The van der Waals surface area contributed by atoms with Crippen LogP contribution >= 0.6 is 0 Å². The third kappa shape index (κ3) is 3.16. The number of hydrogen-bond acceptors (Lipinski definition) is 4. The Morgan fingerprint density at radius 2 is 2.12 bits per heavy atom. The van der Waals surface area contributed by atoms with Crippen molar-refractivity contribution in [2.45, 2.75) is 37.0 Å². The van der Waals surface area contributed by atoms with Crippen LogP contribution in [-0.2, 0) is 14.8 Å². The van der Waals surface area contributed by atoms with Gasteiger partial charge in [0.25, 0.3) is 0 Å². The van der Waals surface area contributed by atoms with E-state index in [1.807, 2.05) is 0 Å². The molecule has 0 saturated carbocycles. The number of piperidine rings is 1. The van der Waals surface area contributed by atoms with Crippen molar-refractivity contribution in [1.82, 2.24) is 10.0 Å². The lowest BCUT2D eigenvalue weighted by molar-refractivity contribution is 0.0773. The predicted octanol–water partition coefficient (Wildman–Crippen LogP) is -0.163. The monoisotopic (exact) mass is 248 g/mol. The summed E-state index contributed by atoms with van der Waals surface area (Å²) in [7, 11) is -3.18. The van der Waals surface area contributed by atoms with E-state index in [-0.39, 0.29) is 11.3 Å². The first kappa shape index (κ1) is 12.3. The Labute approximate surface area is 97.0 Å². The first-order valence-electron chi connectivity index (χ1n) is 5.98. The van der Waals surface area contributed by atoms with Crippen molar-refractivity contribution in [3.8, 4) is 0 Å². The second-order valence-electron chi connectivity index (χ2n) is 4.55. The molecule has 0 spiro atoms. The van der Waals surface area contributed by atoms with Crippen LogP contribution in [0.2, 0.25) is 0 Å². The predicted molar refractivity (Wildman–Crippen MR) is 61.8 cm³/mol. The summed E-state index contributed by atoms with van der Waals surface area (Å²) < 4.78 is 32.1. The van der Waals surface area contributed by atoms with Crippen LogP contribution in [0.1, 0.15) is 25.7 Å². The molecule has 2 unspecified atom stereocenters. The van der Waals surface area contributed by atoms with Crippen molar-refractivity contribution in [2.24, 2.45) is 0 Å². The van der Waals surface area contributed by atoms with Gasteiger partial charge in [-0.25, -0.2) is 13.1 Å². The molecule has 2 aliphatic heterocycles. The highest BCUT2D eigenvalue weighted by molar-refractivity contribution is 7.90. The number of ether oxygens (including phenoxy) is 1. The van der Waals surface area contributed by atoms with Crippen LogP contribution in [0.3, 0.4) is 0 Å². The van der Waals surface area contributed by atoms with Gasteiger partial charge in [-0.15, -0.1) is 0 Å². The largest absolute Gasteiger partial charge is 0.380 e. The maximum atomic E-state index is 12.0. The topological polar surface area (TPSA) is 67.4 Å². The van der Waals surface area contributed by atoms with Crippen LogP contribution in [-0.4, -0.2) is 46.0 Å². The SMILES string of the molecule is O=S(=O)(NC1CCCOC1)C1CCCNC1. The molecule has 5 nitrogen and oxygen atoms in total. The lowest BCUT2D eigenvalue weighted by Crippen LogP contribution is -2.49. The average Bonchev–Trinajstić information content (AvgIpc) is 2.31. The molecule has 0 aromatic carbocycles. The highest BCUT2D eigenvalue weighted by Crippen LogP contribution is 2.13. The van der Waals surface area contributed by atoms with Crippen molar-refractivity contribution in [1.29, 1.82) is 0 Å². The van der Waals surface area contributed by atoms with Crippen molar-refractivity contribution in [3.05, 3.63) is 0 Å². The van der Waals surface area contributed by atoms with Gasteiger partial charge < -0.3 is 10.1 Å². The van der Waals surface area contributed by atoms with Gasteiger partial charge in [0.05, 0.1) is 11.9 Å². The Balaban J connectivity index is 1.90. The summed E-state index contributed by atoms with van der Waals surface area (Å²) in [6, 6.07) is -0.0272. The molecule has 0 radical (unpaired) electrons. The van der Waals surface area contributed by atoms with Crippen LogP contribution < -0.4 is 10.0 Å². The first-order chi connectivity index (χ1) is 7.68. The number of nitrogens with one attached hydrogen (secondary N) is 2. The van der Waals surface area contributed by atoms with Gasteiger partial charge in [-0.2, -0.15) is 0 Å². The molecule has 2 heterocycles. The van der Waals surface area contributed by atoms with E-state index >= 15 is 0 Å². The summed E-state index contributed by atoms with van der Waals surface area (Å²) in [6.45, 7) is 2.77. The highest BCUT2D eigenvalue weighted by Gasteiger charge is 2.29. The Bertz CT molecular complexity index is 306. The van der Waals surface area contributed by atoms with Gasteiger partial charge in [-0.3, -0.25) is 0 Å². The number of sulfonamides is 1. The van der Waals surface area contributed by atoms with Gasteiger partial charge in [0, 0.05) is 19.2 Å². The quantitative estimate of drug-likeness (QED) is 0.728. The lowest BCUT2D eigenvalue weighted by atomic mass is 10.1. The van der Waals surface area contributed by atoms with E-state index in [0.29, 0.717) is 13.2 Å². The summed E-state index contributed by atoms with van der Waals surface area (Å²) >= 11 is 0. The van der Waals surface area contributed by atoms with E-state index in [0.717, 1.165) is 38.8 Å². The Hall–Kier alpha value is -0.170. The summed E-state index contributed by atoms with van der Waals surface area (Å²) in [5.41, 5.74) is 0. The fraction of sp³-hybridized carbons (Fsp3) is 1.00. The smallest absolute Gasteiger partial charge is 0.216 e. The third-order valence-electron chi connectivity index (χ3n) is 3.18. The van der Waals surface area contributed by atoms with Gasteiger partial charge in [-0.1, -0.05) is 0 Å². The van der Waals surface area contributed by atoms with Crippen LogP contribution in [0.15, 0.2) is 0 Å². The summed E-state index contributed by atoms with van der Waals surface area (Å²) in [6.07, 6.45) is 3.53. The van der Waals surface area contributed by atoms with Crippen molar-refractivity contribution in [3.63, 3.8) is 0 Å². The molecule has 0 aromatic heterocycles. The maximum Gasteiger partial charge on any atom is 0.216 e. The molecule has 0 bridgehead atoms. The fourth-order valence-corrected chi connectivity index (χ4v) is 3.90. The summed E-state index contributed by atoms with van der Waals surface area (Å²) in [4.78, 5) is 0. The molecule has 16 heavy (non-hydrogen) atoms. The number of rotatable bonds is 3. The zero-order chi connectivity index (χ0) is 11.4. The van der Waals surface area contributed by atoms with Crippen LogP contribution in [0, 0.1) is 0 Å². The lowest BCUT2D eigenvalue weighted by Gasteiger charge is -2.28. The highest BCUT2D eigenvalue weighted by atomic mass is 32.2. The van der Waals surface area contributed by atoms with Crippen molar-refractivity contribution >= 4 is 10.0 Å². The fourth-order valence-electron chi connectivity index (χ4n) is 2.25. The molecule has 2 fully saturated rings. The molecular weight excluding hydrogens is 228 g/mol. The Kier molecular flexibility index (Phi) is 4.18. The molecular formula is C10H20N2O3S. The minimum absolute atomic E-state index is 0.0272. The Morgan fingerprint density at radius 1 is 1.25 bits per heavy atom. The standard InChI is InChI=1S/C10H20N2O3S/c13-16(14,10-4-1-5-11-7-10)12-9-3-2-6-15-8-9/h9-12H,1-8H2. The van der Waals surface area contributed by atoms with Crippen LogP contribution in [0.4, 0.5) is 0 Å². The maximum absolute atomic E-state index is 12.0. The van der Waals surface area contributed by atoms with Crippen LogP contribution in [0.5, 0.6) is 0 Å². The Morgan fingerprint density at radius 3 is 2.75 bits per heavy atom. The molecule has 2 aliphatic rings. The molecule has 0 aliphatic carbocycles. The first-order valence-corrected chi connectivity index (χ1v) is 7.53. The molecule has 2 saturated heterocycles. The van der Waals surface area contributed by atoms with Gasteiger partial charge in [0.2, 0.25) is 10.0 Å². The molecule has 6 heteroatoms. The minimum atomic E-state index is -3.18.